The van der Waals surface area contributed by atoms with Gasteiger partial charge in [0.2, 0.25) is 5.78 Å². The van der Waals surface area contributed by atoms with Crippen molar-refractivity contribution in [2.75, 3.05) is 5.33 Å². The van der Waals surface area contributed by atoms with Crippen LogP contribution < -0.4 is 0 Å². The van der Waals surface area contributed by atoms with Gasteiger partial charge < -0.3 is 0 Å². The maximum atomic E-state index is 10.8. The van der Waals surface area contributed by atoms with Gasteiger partial charge in [0.25, 0.3) is 11.0 Å². The first-order chi connectivity index (χ1) is 5.59. The Hall–Kier alpha value is -0.220. The SMILES string of the molecule is O=C(Cl)C(=O)C(=O)CCCCBr. The summed E-state index contributed by atoms with van der Waals surface area (Å²) in [4.78, 5) is 31.6. The fourth-order valence-electron chi connectivity index (χ4n) is 0.603. The third-order valence-electron chi connectivity index (χ3n) is 1.22. The largest absolute Gasteiger partial charge is 0.296 e. The fourth-order valence-corrected chi connectivity index (χ4v) is 1.11. The first kappa shape index (κ1) is 11.8. The van der Waals surface area contributed by atoms with E-state index in [0.717, 1.165) is 11.8 Å². The molecule has 0 fully saturated rings. The van der Waals surface area contributed by atoms with Crippen LogP contribution in [0, 0.1) is 0 Å². The molecule has 0 aromatic carbocycles. The second kappa shape index (κ2) is 6.31. The van der Waals surface area contributed by atoms with Gasteiger partial charge in [0.15, 0.2) is 0 Å². The number of carbonyl (C=O) groups is 3. The Labute approximate surface area is 83.6 Å². The highest BCUT2D eigenvalue weighted by atomic mass is 79.9. The number of ketones is 2. The van der Waals surface area contributed by atoms with Crippen LogP contribution in [0.15, 0.2) is 0 Å². The highest BCUT2D eigenvalue weighted by Gasteiger charge is 2.19. The van der Waals surface area contributed by atoms with Crippen LogP contribution in [0.25, 0.3) is 0 Å². The van der Waals surface area contributed by atoms with Gasteiger partial charge in [-0.2, -0.15) is 0 Å². The number of alkyl halides is 1. The molecule has 0 radical (unpaired) electrons. The van der Waals surface area contributed by atoms with Crippen LogP contribution in [-0.2, 0) is 14.4 Å². The van der Waals surface area contributed by atoms with Crippen molar-refractivity contribution < 1.29 is 14.4 Å². The fraction of sp³-hybridized carbons (Fsp3) is 0.571. The predicted octanol–water partition coefficient (Wildman–Crippen LogP) is 1.46. The molecule has 0 atom stereocenters. The van der Waals surface area contributed by atoms with Crippen molar-refractivity contribution >= 4 is 44.3 Å². The summed E-state index contributed by atoms with van der Waals surface area (Å²) < 4.78 is 0. The second-order valence-corrected chi connectivity index (χ2v) is 3.31. The van der Waals surface area contributed by atoms with Gasteiger partial charge in [0, 0.05) is 11.8 Å². The highest BCUT2D eigenvalue weighted by molar-refractivity contribution is 9.09. The van der Waals surface area contributed by atoms with E-state index in [1.54, 1.807) is 0 Å². The van der Waals surface area contributed by atoms with E-state index in [1.165, 1.54) is 0 Å². The van der Waals surface area contributed by atoms with Crippen LogP contribution in [0.5, 0.6) is 0 Å². The molecule has 0 N–H and O–H groups in total. The summed E-state index contributed by atoms with van der Waals surface area (Å²) in [6.45, 7) is 0. The summed E-state index contributed by atoms with van der Waals surface area (Å²) in [6.07, 6.45) is 1.50. The predicted molar refractivity (Wildman–Crippen MR) is 48.5 cm³/mol. The molecule has 68 valence electrons. The maximum Gasteiger partial charge on any atom is 0.296 e. The standard InChI is InChI=1S/C7H8BrClO3/c8-4-2-1-3-5(10)6(11)7(9)12/h1-4H2. The van der Waals surface area contributed by atoms with Crippen molar-refractivity contribution in [3.05, 3.63) is 0 Å². The number of Topliss-reactive ketones (excluding diaryl/α,β-unsaturated/α-hetero) is 2. The molecule has 0 amide bonds. The summed E-state index contributed by atoms with van der Waals surface area (Å²) in [5, 5.41) is -0.414. The van der Waals surface area contributed by atoms with Crippen LogP contribution in [0.1, 0.15) is 19.3 Å². The molecule has 0 aliphatic carbocycles. The molecule has 0 aromatic rings. The topological polar surface area (TPSA) is 51.2 Å². The van der Waals surface area contributed by atoms with E-state index < -0.39 is 16.8 Å². The van der Waals surface area contributed by atoms with E-state index in [1.807, 2.05) is 0 Å². The Bertz CT molecular complexity index is 203. The van der Waals surface area contributed by atoms with Crippen molar-refractivity contribution in [3.63, 3.8) is 0 Å². The molecular formula is C7H8BrClO3. The lowest BCUT2D eigenvalue weighted by atomic mass is 10.1. The van der Waals surface area contributed by atoms with Gasteiger partial charge in [-0.25, -0.2) is 0 Å². The zero-order valence-corrected chi connectivity index (χ0v) is 8.65. The van der Waals surface area contributed by atoms with Gasteiger partial charge in [-0.1, -0.05) is 15.9 Å². The van der Waals surface area contributed by atoms with Crippen molar-refractivity contribution in [2.24, 2.45) is 0 Å². The van der Waals surface area contributed by atoms with Crippen molar-refractivity contribution in [1.82, 2.24) is 0 Å². The van der Waals surface area contributed by atoms with Gasteiger partial charge >= 0.3 is 0 Å². The van der Waals surface area contributed by atoms with E-state index >= 15 is 0 Å². The lowest BCUT2D eigenvalue weighted by Crippen LogP contribution is -2.19. The third-order valence-corrected chi connectivity index (χ3v) is 1.95. The molecule has 0 aliphatic heterocycles. The third kappa shape index (κ3) is 4.62. The second-order valence-electron chi connectivity index (χ2n) is 2.17. The zero-order chi connectivity index (χ0) is 9.56. The van der Waals surface area contributed by atoms with Crippen LogP contribution in [0.4, 0.5) is 0 Å². The molecule has 0 spiro atoms. The van der Waals surface area contributed by atoms with Gasteiger partial charge in [-0.15, -0.1) is 0 Å². The smallest absolute Gasteiger partial charge is 0.290 e. The average Bonchev–Trinajstić information content (AvgIpc) is 2.03. The molecule has 0 aromatic heterocycles. The van der Waals surface area contributed by atoms with Crippen LogP contribution in [-0.4, -0.2) is 22.1 Å². The van der Waals surface area contributed by atoms with Crippen LogP contribution in [0.2, 0.25) is 0 Å². The minimum Gasteiger partial charge on any atom is -0.290 e. The van der Waals surface area contributed by atoms with Crippen molar-refractivity contribution in [2.45, 2.75) is 19.3 Å². The molecule has 0 saturated heterocycles. The Morgan fingerprint density at radius 1 is 1.17 bits per heavy atom. The minimum atomic E-state index is -1.20. The van der Waals surface area contributed by atoms with Gasteiger partial charge in [0.05, 0.1) is 0 Å². The Morgan fingerprint density at radius 3 is 2.17 bits per heavy atom. The summed E-state index contributed by atoms with van der Waals surface area (Å²) in [5.74, 6) is -1.80. The zero-order valence-electron chi connectivity index (χ0n) is 6.31. The number of carbonyl (C=O) groups excluding carboxylic acids is 3. The average molecular weight is 255 g/mol. The van der Waals surface area contributed by atoms with Gasteiger partial charge in [-0.3, -0.25) is 14.4 Å². The Kier molecular flexibility index (Phi) is 6.20. The molecule has 0 rings (SSSR count). The van der Waals surface area contributed by atoms with E-state index in [2.05, 4.69) is 15.9 Å². The molecule has 5 heteroatoms. The molecular weight excluding hydrogens is 247 g/mol. The number of hydrogen-bond donors (Lipinski definition) is 0. The normalized spacial score (nSPS) is 9.50. The van der Waals surface area contributed by atoms with Gasteiger partial charge in [0.1, 0.15) is 0 Å². The van der Waals surface area contributed by atoms with Crippen LogP contribution >= 0.6 is 27.5 Å². The first-order valence-corrected chi connectivity index (χ1v) is 4.92. The van der Waals surface area contributed by atoms with Crippen molar-refractivity contribution in [1.29, 1.82) is 0 Å². The number of unbranched alkanes of at least 4 members (excludes halogenated alkanes) is 1. The lowest BCUT2D eigenvalue weighted by molar-refractivity contribution is -0.141. The molecule has 0 saturated carbocycles. The summed E-state index contributed by atoms with van der Waals surface area (Å²) in [6, 6.07) is 0. The quantitative estimate of drug-likeness (QED) is 0.237. The number of rotatable bonds is 6. The minimum absolute atomic E-state index is 0.100. The first-order valence-electron chi connectivity index (χ1n) is 3.42. The lowest BCUT2D eigenvalue weighted by Gasteiger charge is -1.94. The number of hydrogen-bond acceptors (Lipinski definition) is 3. The van der Waals surface area contributed by atoms with Gasteiger partial charge in [-0.05, 0) is 24.4 Å². The summed E-state index contributed by atoms with van der Waals surface area (Å²) in [5.41, 5.74) is 0. The van der Waals surface area contributed by atoms with E-state index in [0.29, 0.717) is 6.42 Å². The molecule has 0 heterocycles. The number of halogens is 2. The van der Waals surface area contributed by atoms with Crippen molar-refractivity contribution in [3.8, 4) is 0 Å². The van der Waals surface area contributed by atoms with Crippen LogP contribution in [0.3, 0.4) is 0 Å². The molecule has 0 bridgehead atoms. The monoisotopic (exact) mass is 254 g/mol. The summed E-state index contributed by atoms with van der Waals surface area (Å²) in [7, 11) is 0. The Morgan fingerprint density at radius 2 is 1.75 bits per heavy atom. The molecule has 3 nitrogen and oxygen atoms in total. The maximum absolute atomic E-state index is 10.8. The van der Waals surface area contributed by atoms with E-state index in [-0.39, 0.29) is 6.42 Å². The van der Waals surface area contributed by atoms with E-state index in [9.17, 15) is 14.4 Å². The molecule has 0 aliphatic rings. The molecule has 0 unspecified atom stereocenters. The molecule has 12 heavy (non-hydrogen) atoms. The summed E-state index contributed by atoms with van der Waals surface area (Å²) >= 11 is 7.99. The Balaban J connectivity index is 3.73. The van der Waals surface area contributed by atoms with E-state index in [4.69, 9.17) is 11.6 Å². The highest BCUT2D eigenvalue weighted by Crippen LogP contribution is 2.00.